The largest absolute Gasteiger partial charge is 0.416 e. The van der Waals surface area contributed by atoms with Crippen molar-refractivity contribution in [2.75, 3.05) is 18.1 Å². The number of hydrogen-bond donors (Lipinski definition) is 3. The first-order valence-electron chi connectivity index (χ1n) is 6.77. The van der Waals surface area contributed by atoms with Crippen LogP contribution < -0.4 is 21.9 Å². The lowest BCUT2D eigenvalue weighted by atomic mass is 9.95. The second-order valence-electron chi connectivity index (χ2n) is 5.11. The minimum Gasteiger partial charge on any atom is -0.401 e. The van der Waals surface area contributed by atoms with Crippen molar-refractivity contribution in [3.05, 3.63) is 41.7 Å². The molecule has 0 atom stereocenters. The first-order chi connectivity index (χ1) is 9.88. The number of nitrogens with two attached hydrogens (primary N) is 2. The minimum atomic E-state index is -4.35. The Morgan fingerprint density at radius 3 is 2.29 bits per heavy atom. The number of hydrazine groups is 1. The zero-order valence-corrected chi connectivity index (χ0v) is 11.5. The van der Waals surface area contributed by atoms with E-state index in [9.17, 15) is 13.2 Å². The molecule has 1 aromatic carbocycles. The molecule has 0 bridgehead atoms. The van der Waals surface area contributed by atoms with Crippen LogP contribution in [0.5, 0.6) is 0 Å². The number of allylic oxidation sites excluding steroid dienone is 1. The number of rotatable bonds is 3. The molecule has 1 saturated heterocycles. The lowest BCUT2D eigenvalue weighted by Crippen LogP contribution is -2.33. The third kappa shape index (κ3) is 4.12. The van der Waals surface area contributed by atoms with Crippen molar-refractivity contribution in [3.8, 4) is 0 Å². The summed E-state index contributed by atoms with van der Waals surface area (Å²) in [6.07, 6.45) is -0.896. The van der Waals surface area contributed by atoms with E-state index < -0.39 is 11.7 Å². The molecule has 116 valence electrons. The van der Waals surface area contributed by atoms with Gasteiger partial charge in [-0.1, -0.05) is 0 Å². The van der Waals surface area contributed by atoms with E-state index in [2.05, 4.69) is 5.32 Å². The highest BCUT2D eigenvalue weighted by molar-refractivity contribution is 5.49. The predicted molar refractivity (Wildman–Crippen MR) is 76.0 cm³/mol. The maximum Gasteiger partial charge on any atom is 0.416 e. The van der Waals surface area contributed by atoms with E-state index in [1.165, 1.54) is 17.1 Å². The van der Waals surface area contributed by atoms with E-state index in [-0.39, 0.29) is 5.92 Å². The van der Waals surface area contributed by atoms with Gasteiger partial charge in [-0.25, -0.2) is 5.84 Å². The van der Waals surface area contributed by atoms with Crippen LogP contribution in [0.2, 0.25) is 0 Å². The van der Waals surface area contributed by atoms with Crippen LogP contribution in [0.1, 0.15) is 18.4 Å². The Morgan fingerprint density at radius 1 is 1.19 bits per heavy atom. The van der Waals surface area contributed by atoms with Crippen LogP contribution in [0.4, 0.5) is 18.9 Å². The lowest BCUT2D eigenvalue weighted by Gasteiger charge is -2.24. The molecule has 21 heavy (non-hydrogen) atoms. The van der Waals surface area contributed by atoms with Gasteiger partial charge in [0.05, 0.1) is 11.3 Å². The zero-order valence-electron chi connectivity index (χ0n) is 11.5. The molecule has 2 rings (SSSR count). The summed E-state index contributed by atoms with van der Waals surface area (Å²) in [7, 11) is 0. The number of benzene rings is 1. The average molecular weight is 300 g/mol. The molecule has 0 radical (unpaired) electrons. The van der Waals surface area contributed by atoms with E-state index in [0.717, 1.165) is 38.1 Å². The summed E-state index contributed by atoms with van der Waals surface area (Å²) in [6, 6.07) is 4.66. The first-order valence-corrected chi connectivity index (χ1v) is 6.77. The third-order valence-electron chi connectivity index (χ3n) is 3.59. The topological polar surface area (TPSA) is 67.3 Å². The fourth-order valence-electron chi connectivity index (χ4n) is 2.32. The molecule has 5 N–H and O–H groups in total. The van der Waals surface area contributed by atoms with Crippen LogP contribution in [0.15, 0.2) is 36.2 Å². The minimum absolute atomic E-state index is 0.256. The molecule has 1 aliphatic heterocycles. The number of anilines is 1. The smallest absolute Gasteiger partial charge is 0.401 e. The molecule has 0 saturated carbocycles. The van der Waals surface area contributed by atoms with Gasteiger partial charge in [-0.05, 0) is 50.2 Å². The number of alkyl halides is 3. The molecule has 0 aromatic heterocycles. The SMILES string of the molecule is N/C(=C\N(N)c1ccc(C(F)(F)F)cc1)C1CCNCC1. The third-order valence-corrected chi connectivity index (χ3v) is 3.59. The quantitative estimate of drug-likeness (QED) is 0.591. The van der Waals surface area contributed by atoms with Gasteiger partial charge in [-0.2, -0.15) is 13.2 Å². The van der Waals surface area contributed by atoms with Gasteiger partial charge in [0.2, 0.25) is 0 Å². The molecule has 0 spiro atoms. The molecule has 1 fully saturated rings. The van der Waals surface area contributed by atoms with Gasteiger partial charge in [0.15, 0.2) is 0 Å². The van der Waals surface area contributed by atoms with E-state index in [4.69, 9.17) is 11.6 Å². The average Bonchev–Trinajstić information content (AvgIpc) is 2.47. The monoisotopic (exact) mass is 300 g/mol. The molecule has 7 heteroatoms. The Morgan fingerprint density at radius 2 is 1.76 bits per heavy atom. The number of hydrogen-bond acceptors (Lipinski definition) is 4. The number of halogens is 3. The molecule has 1 aliphatic rings. The van der Waals surface area contributed by atoms with Gasteiger partial charge in [0, 0.05) is 17.8 Å². The summed E-state index contributed by atoms with van der Waals surface area (Å²) < 4.78 is 37.5. The van der Waals surface area contributed by atoms with Crippen LogP contribution in [0.3, 0.4) is 0 Å². The molecule has 0 unspecified atom stereocenters. The normalized spacial score (nSPS) is 17.8. The molecule has 1 heterocycles. The molecule has 0 aliphatic carbocycles. The van der Waals surface area contributed by atoms with Gasteiger partial charge >= 0.3 is 6.18 Å². The molecule has 0 amide bonds. The van der Waals surface area contributed by atoms with Gasteiger partial charge in [-0.15, -0.1) is 0 Å². The van der Waals surface area contributed by atoms with Crippen LogP contribution in [-0.4, -0.2) is 13.1 Å². The summed E-state index contributed by atoms with van der Waals surface area (Å²) in [5.74, 6) is 6.10. The van der Waals surface area contributed by atoms with Crippen LogP contribution >= 0.6 is 0 Å². The highest BCUT2D eigenvalue weighted by Gasteiger charge is 2.30. The Hall–Kier alpha value is -1.73. The summed E-state index contributed by atoms with van der Waals surface area (Å²) in [4.78, 5) is 0. The van der Waals surface area contributed by atoms with Crippen molar-refractivity contribution in [2.45, 2.75) is 19.0 Å². The van der Waals surface area contributed by atoms with Gasteiger partial charge in [0.1, 0.15) is 0 Å². The van der Waals surface area contributed by atoms with Gasteiger partial charge < -0.3 is 11.1 Å². The van der Waals surface area contributed by atoms with Crippen molar-refractivity contribution in [3.63, 3.8) is 0 Å². The first kappa shape index (κ1) is 15.7. The fraction of sp³-hybridized carbons (Fsp3) is 0.429. The fourth-order valence-corrected chi connectivity index (χ4v) is 2.32. The number of piperidine rings is 1. The summed E-state index contributed by atoms with van der Waals surface area (Å²) in [6.45, 7) is 1.81. The highest BCUT2D eigenvalue weighted by atomic mass is 19.4. The highest BCUT2D eigenvalue weighted by Crippen LogP contribution is 2.30. The van der Waals surface area contributed by atoms with E-state index in [0.29, 0.717) is 11.4 Å². The Bertz CT molecular complexity index is 490. The molecular formula is C14H19F3N4. The number of nitrogens with zero attached hydrogens (tertiary/aromatic N) is 1. The molecule has 4 nitrogen and oxygen atoms in total. The van der Waals surface area contributed by atoms with Crippen LogP contribution in [-0.2, 0) is 6.18 Å². The van der Waals surface area contributed by atoms with E-state index >= 15 is 0 Å². The standard InChI is InChI=1S/C14H19F3N4/c15-14(16,17)11-1-3-12(4-2-11)21(19)9-13(18)10-5-7-20-8-6-10/h1-4,9-10,20H,5-8,18-19H2/b13-9-. The number of nitrogens with one attached hydrogen (secondary N) is 1. The molecular weight excluding hydrogens is 281 g/mol. The van der Waals surface area contributed by atoms with Crippen molar-refractivity contribution in [1.82, 2.24) is 5.32 Å². The second-order valence-corrected chi connectivity index (χ2v) is 5.11. The Balaban J connectivity index is 2.07. The Labute approximate surface area is 121 Å². The van der Waals surface area contributed by atoms with Crippen LogP contribution in [0, 0.1) is 5.92 Å². The van der Waals surface area contributed by atoms with Crippen molar-refractivity contribution >= 4 is 5.69 Å². The maximum atomic E-state index is 12.5. The molecule has 1 aromatic rings. The lowest BCUT2D eigenvalue weighted by molar-refractivity contribution is -0.137. The zero-order chi connectivity index (χ0) is 15.5. The maximum absolute atomic E-state index is 12.5. The second kappa shape index (κ2) is 6.36. The van der Waals surface area contributed by atoms with Crippen molar-refractivity contribution < 1.29 is 13.2 Å². The summed E-state index contributed by atoms with van der Waals surface area (Å²) in [5.41, 5.74) is 6.43. The van der Waals surface area contributed by atoms with E-state index in [1.54, 1.807) is 6.20 Å². The van der Waals surface area contributed by atoms with E-state index in [1.807, 2.05) is 0 Å². The predicted octanol–water partition coefficient (Wildman–Crippen LogP) is 2.19. The van der Waals surface area contributed by atoms with Crippen molar-refractivity contribution in [1.29, 1.82) is 0 Å². The van der Waals surface area contributed by atoms with Crippen LogP contribution in [0.25, 0.3) is 0 Å². The Kier molecular flexibility index (Phi) is 4.74. The summed E-state index contributed by atoms with van der Waals surface area (Å²) >= 11 is 0. The summed E-state index contributed by atoms with van der Waals surface area (Å²) in [5, 5.41) is 4.50. The van der Waals surface area contributed by atoms with Gasteiger partial charge in [0.25, 0.3) is 0 Å². The van der Waals surface area contributed by atoms with Crippen molar-refractivity contribution in [2.24, 2.45) is 17.5 Å². The van der Waals surface area contributed by atoms with Gasteiger partial charge in [-0.3, -0.25) is 5.01 Å².